The fourth-order valence-electron chi connectivity index (χ4n) is 4.52. The van der Waals surface area contributed by atoms with Crippen LogP contribution in [0.3, 0.4) is 0 Å². The van der Waals surface area contributed by atoms with E-state index < -0.39 is 5.82 Å². The number of rotatable bonds is 5. The van der Waals surface area contributed by atoms with E-state index in [1.165, 1.54) is 18.7 Å². The molecule has 38 heavy (non-hydrogen) atoms. The number of H-pyrrole nitrogens is 1. The first-order valence-corrected chi connectivity index (χ1v) is 13.2. The van der Waals surface area contributed by atoms with Crippen molar-refractivity contribution >= 4 is 34.0 Å². The molecule has 0 atom stereocenters. The summed E-state index contributed by atoms with van der Waals surface area (Å²) in [6, 6.07) is 11.6. The fraction of sp³-hybridized carbons (Fsp3) is 0.333. The van der Waals surface area contributed by atoms with E-state index >= 15 is 4.39 Å². The second-order valence-corrected chi connectivity index (χ2v) is 9.69. The third-order valence-corrected chi connectivity index (χ3v) is 6.39. The van der Waals surface area contributed by atoms with Gasteiger partial charge in [0.1, 0.15) is 11.6 Å². The average Bonchev–Trinajstić information content (AvgIpc) is 2.91. The molecule has 1 aliphatic carbocycles. The van der Waals surface area contributed by atoms with E-state index in [0.29, 0.717) is 33.8 Å². The number of hydrogen-bond donors (Lipinski definition) is 3. The van der Waals surface area contributed by atoms with Crippen molar-refractivity contribution < 1.29 is 9.18 Å². The lowest BCUT2D eigenvalue weighted by Crippen LogP contribution is -2.24. The first-order valence-electron chi connectivity index (χ1n) is 13.2. The number of amides is 1. The number of aryl methyl sites for hydroxylation is 1. The molecule has 0 radical (unpaired) electrons. The van der Waals surface area contributed by atoms with Crippen LogP contribution in [0.25, 0.3) is 22.2 Å². The SMILES string of the molecule is CCC.Cc1ccc(Nc2cc(-c3ccc(NC(=O)C4CCCCC4)cc3F)nc3cc[nH]c(=O)c23)nc1. The van der Waals surface area contributed by atoms with Crippen LogP contribution < -0.4 is 16.2 Å². The zero-order chi connectivity index (χ0) is 27.1. The molecule has 1 amide bonds. The van der Waals surface area contributed by atoms with Gasteiger partial charge in [0.2, 0.25) is 5.91 Å². The van der Waals surface area contributed by atoms with Gasteiger partial charge >= 0.3 is 0 Å². The Morgan fingerprint density at radius 3 is 2.53 bits per heavy atom. The second-order valence-electron chi connectivity index (χ2n) is 9.69. The lowest BCUT2D eigenvalue weighted by Gasteiger charge is -2.20. The molecule has 8 heteroatoms. The van der Waals surface area contributed by atoms with Gasteiger partial charge in [-0.15, -0.1) is 0 Å². The van der Waals surface area contributed by atoms with Crippen LogP contribution in [0.1, 0.15) is 57.9 Å². The highest BCUT2D eigenvalue weighted by Crippen LogP contribution is 2.31. The van der Waals surface area contributed by atoms with Crippen LogP contribution in [0.4, 0.5) is 21.6 Å². The second kappa shape index (κ2) is 12.4. The minimum absolute atomic E-state index is 0.0178. The van der Waals surface area contributed by atoms with E-state index in [1.807, 2.05) is 19.1 Å². The van der Waals surface area contributed by atoms with Gasteiger partial charge in [-0.3, -0.25) is 9.59 Å². The topological polar surface area (TPSA) is 99.8 Å². The van der Waals surface area contributed by atoms with Crippen LogP contribution >= 0.6 is 0 Å². The predicted octanol–water partition coefficient (Wildman–Crippen LogP) is 7.11. The van der Waals surface area contributed by atoms with Crippen LogP contribution in [0.15, 0.2) is 59.7 Å². The zero-order valence-corrected chi connectivity index (χ0v) is 22.1. The Morgan fingerprint density at radius 1 is 1.08 bits per heavy atom. The van der Waals surface area contributed by atoms with Crippen molar-refractivity contribution in [1.29, 1.82) is 0 Å². The lowest BCUT2D eigenvalue weighted by molar-refractivity contribution is -0.120. The molecule has 5 rings (SSSR count). The van der Waals surface area contributed by atoms with Gasteiger partial charge in [0.05, 0.1) is 22.3 Å². The van der Waals surface area contributed by atoms with Crippen molar-refractivity contribution in [3.05, 3.63) is 76.6 Å². The molecular weight excluding hydrogens is 481 g/mol. The Bertz CT molecular complexity index is 1460. The first-order chi connectivity index (χ1) is 18.4. The summed E-state index contributed by atoms with van der Waals surface area (Å²) in [5.41, 5.74) is 2.64. The van der Waals surface area contributed by atoms with E-state index in [2.05, 4.69) is 39.4 Å². The van der Waals surface area contributed by atoms with Gasteiger partial charge in [-0.2, -0.15) is 0 Å². The summed E-state index contributed by atoms with van der Waals surface area (Å²) in [7, 11) is 0. The van der Waals surface area contributed by atoms with Gasteiger partial charge < -0.3 is 15.6 Å². The molecule has 1 fully saturated rings. The number of benzene rings is 1. The van der Waals surface area contributed by atoms with Crippen molar-refractivity contribution in [1.82, 2.24) is 15.0 Å². The van der Waals surface area contributed by atoms with E-state index in [4.69, 9.17) is 0 Å². The van der Waals surface area contributed by atoms with Crippen molar-refractivity contribution in [2.45, 2.75) is 59.3 Å². The summed E-state index contributed by atoms with van der Waals surface area (Å²) in [6.07, 6.45) is 9.49. The summed E-state index contributed by atoms with van der Waals surface area (Å²) in [6.45, 7) is 6.19. The van der Waals surface area contributed by atoms with Crippen molar-refractivity contribution in [2.24, 2.45) is 5.92 Å². The van der Waals surface area contributed by atoms with Gasteiger partial charge in [0.15, 0.2) is 0 Å². The van der Waals surface area contributed by atoms with Gasteiger partial charge in [-0.25, -0.2) is 14.4 Å². The van der Waals surface area contributed by atoms with Crippen molar-refractivity contribution in [2.75, 3.05) is 10.6 Å². The molecule has 4 aromatic rings. The molecular formula is C30H34FN5O2. The Morgan fingerprint density at radius 2 is 1.84 bits per heavy atom. The molecule has 1 aliphatic rings. The maximum absolute atomic E-state index is 15.2. The Balaban J connectivity index is 0.00000107. The van der Waals surface area contributed by atoms with Crippen LogP contribution in [-0.2, 0) is 4.79 Å². The molecule has 1 saturated carbocycles. The Kier molecular flexibility index (Phi) is 8.84. The zero-order valence-electron chi connectivity index (χ0n) is 22.1. The number of carbonyl (C=O) groups excluding carboxylic acids is 1. The highest BCUT2D eigenvalue weighted by Gasteiger charge is 2.21. The largest absolute Gasteiger partial charge is 0.339 e. The maximum Gasteiger partial charge on any atom is 0.259 e. The van der Waals surface area contributed by atoms with Crippen LogP contribution in [0.2, 0.25) is 0 Å². The molecule has 0 aliphatic heterocycles. The van der Waals surface area contributed by atoms with Gasteiger partial charge in [0.25, 0.3) is 5.56 Å². The highest BCUT2D eigenvalue weighted by molar-refractivity contribution is 5.95. The molecule has 7 nitrogen and oxygen atoms in total. The standard InChI is InChI=1S/C27H26FN5O2.C3H8/c1-16-7-10-24(30-15-16)33-23-14-22(32-21-11-12-29-27(35)25(21)23)19-9-8-18(13-20(19)28)31-26(34)17-5-3-2-4-6-17;1-3-2/h7-15,17H,2-6H2,1H3,(H,29,35)(H,31,34)(H,30,32,33);3H2,1-2H3. The Hall–Kier alpha value is -4.07. The molecule has 198 valence electrons. The number of halogens is 1. The number of pyridine rings is 3. The highest BCUT2D eigenvalue weighted by atomic mass is 19.1. The minimum Gasteiger partial charge on any atom is -0.339 e. The molecule has 0 bridgehead atoms. The first kappa shape index (κ1) is 27.0. The normalized spacial score (nSPS) is 13.5. The third kappa shape index (κ3) is 6.43. The maximum atomic E-state index is 15.2. The van der Waals surface area contributed by atoms with Gasteiger partial charge in [-0.1, -0.05) is 45.6 Å². The Labute approximate surface area is 221 Å². The lowest BCUT2D eigenvalue weighted by atomic mass is 9.88. The number of hydrogen-bond acceptors (Lipinski definition) is 5. The summed E-state index contributed by atoms with van der Waals surface area (Å²) < 4.78 is 15.2. The number of nitrogens with one attached hydrogen (secondary N) is 3. The molecule has 0 unspecified atom stereocenters. The minimum atomic E-state index is -0.512. The monoisotopic (exact) mass is 515 g/mol. The molecule has 0 saturated heterocycles. The van der Waals surface area contributed by atoms with E-state index in [9.17, 15) is 9.59 Å². The third-order valence-electron chi connectivity index (χ3n) is 6.39. The summed E-state index contributed by atoms with van der Waals surface area (Å²) in [5, 5.41) is 6.38. The molecule has 3 aromatic heterocycles. The molecule has 0 spiro atoms. The number of fused-ring (bicyclic) bond motifs is 1. The van der Waals surface area contributed by atoms with Crippen LogP contribution in [0.5, 0.6) is 0 Å². The fourth-order valence-corrected chi connectivity index (χ4v) is 4.52. The molecule has 1 aromatic carbocycles. The molecule has 3 heterocycles. The van der Waals surface area contributed by atoms with E-state index in [-0.39, 0.29) is 22.9 Å². The number of aromatic amines is 1. The number of carbonyl (C=O) groups is 1. The van der Waals surface area contributed by atoms with Crippen LogP contribution in [0, 0.1) is 18.7 Å². The number of anilines is 3. The summed E-state index contributed by atoms with van der Waals surface area (Å²) >= 11 is 0. The van der Waals surface area contributed by atoms with Gasteiger partial charge in [-0.05, 0) is 61.7 Å². The van der Waals surface area contributed by atoms with E-state index in [1.54, 1.807) is 30.5 Å². The number of nitrogens with zero attached hydrogens (tertiary/aromatic N) is 2. The number of aromatic nitrogens is 3. The van der Waals surface area contributed by atoms with Crippen LogP contribution in [-0.4, -0.2) is 20.9 Å². The summed E-state index contributed by atoms with van der Waals surface area (Å²) in [4.78, 5) is 36.7. The average molecular weight is 516 g/mol. The van der Waals surface area contributed by atoms with Crippen molar-refractivity contribution in [3.8, 4) is 11.3 Å². The quantitative estimate of drug-likeness (QED) is 0.263. The smallest absolute Gasteiger partial charge is 0.259 e. The van der Waals surface area contributed by atoms with Gasteiger partial charge in [0, 0.05) is 29.6 Å². The summed E-state index contributed by atoms with van der Waals surface area (Å²) in [5.74, 6) is -0.0335. The molecule has 3 N–H and O–H groups in total. The van der Waals surface area contributed by atoms with Crippen molar-refractivity contribution in [3.63, 3.8) is 0 Å². The van der Waals surface area contributed by atoms with E-state index in [0.717, 1.165) is 37.7 Å². The predicted molar refractivity (Wildman–Crippen MR) is 151 cm³/mol.